The average molecular weight is 431 g/mol. The van der Waals surface area contributed by atoms with Crippen molar-refractivity contribution < 1.29 is 9.59 Å². The molecule has 10 heteroatoms. The van der Waals surface area contributed by atoms with E-state index in [-0.39, 0.29) is 17.9 Å². The standard InChI is InChI=1S/C21H34N8O2/c1-3-18(30)29-11-7-17(16-29)26-20(22-4-2)23-10-6-19(31)27-12-14-28(15-13-27)21-24-8-5-9-25-21/h5,8-9,17H,3-4,6-7,10-16H2,1-2H3,(H2,22,23,26). The summed E-state index contributed by atoms with van der Waals surface area (Å²) in [5.41, 5.74) is 0. The van der Waals surface area contributed by atoms with Crippen molar-refractivity contribution in [2.75, 3.05) is 57.3 Å². The molecule has 31 heavy (non-hydrogen) atoms. The second-order valence-corrected chi connectivity index (χ2v) is 7.75. The Labute approximate surface area is 184 Å². The summed E-state index contributed by atoms with van der Waals surface area (Å²) in [5.74, 6) is 1.73. The Morgan fingerprint density at radius 2 is 1.81 bits per heavy atom. The lowest BCUT2D eigenvalue weighted by atomic mass is 10.2. The maximum Gasteiger partial charge on any atom is 0.225 e. The summed E-state index contributed by atoms with van der Waals surface area (Å²) in [6.07, 6.45) is 5.29. The van der Waals surface area contributed by atoms with E-state index in [1.807, 2.05) is 23.6 Å². The average Bonchev–Trinajstić information content (AvgIpc) is 3.28. The van der Waals surface area contributed by atoms with Gasteiger partial charge in [0.05, 0.1) is 6.54 Å². The molecular formula is C21H34N8O2. The lowest BCUT2D eigenvalue weighted by Gasteiger charge is -2.34. The summed E-state index contributed by atoms with van der Waals surface area (Å²) >= 11 is 0. The third-order valence-corrected chi connectivity index (χ3v) is 5.59. The van der Waals surface area contributed by atoms with Gasteiger partial charge in [-0.2, -0.15) is 0 Å². The number of anilines is 1. The zero-order valence-corrected chi connectivity index (χ0v) is 18.6. The van der Waals surface area contributed by atoms with Crippen molar-refractivity contribution in [2.24, 2.45) is 4.99 Å². The van der Waals surface area contributed by atoms with Crippen LogP contribution in [0.3, 0.4) is 0 Å². The number of nitrogens with one attached hydrogen (secondary N) is 2. The van der Waals surface area contributed by atoms with Crippen molar-refractivity contribution >= 4 is 23.7 Å². The first-order valence-corrected chi connectivity index (χ1v) is 11.2. The van der Waals surface area contributed by atoms with E-state index in [0.717, 1.165) is 32.6 Å². The zero-order valence-electron chi connectivity index (χ0n) is 18.6. The molecule has 2 fully saturated rings. The maximum atomic E-state index is 12.6. The molecule has 1 unspecified atom stereocenters. The fourth-order valence-electron chi connectivity index (χ4n) is 3.87. The SMILES string of the molecule is CCNC(=NCCC(=O)N1CCN(c2ncccn2)CC1)NC1CCN(C(=O)CC)C1. The first-order valence-electron chi connectivity index (χ1n) is 11.2. The molecule has 0 aliphatic carbocycles. The zero-order chi connectivity index (χ0) is 22.1. The van der Waals surface area contributed by atoms with E-state index >= 15 is 0 Å². The van der Waals surface area contributed by atoms with E-state index in [1.165, 1.54) is 0 Å². The highest BCUT2D eigenvalue weighted by molar-refractivity contribution is 5.81. The molecule has 1 atom stereocenters. The third kappa shape index (κ3) is 6.53. The molecule has 3 heterocycles. The van der Waals surface area contributed by atoms with Gasteiger partial charge in [0, 0.05) is 77.1 Å². The van der Waals surface area contributed by atoms with Gasteiger partial charge in [0.1, 0.15) is 0 Å². The number of hydrogen-bond acceptors (Lipinski definition) is 6. The Hall–Kier alpha value is -2.91. The Bertz CT molecular complexity index is 749. The first-order chi connectivity index (χ1) is 15.1. The lowest BCUT2D eigenvalue weighted by Crippen LogP contribution is -2.49. The van der Waals surface area contributed by atoms with Crippen LogP contribution < -0.4 is 15.5 Å². The van der Waals surface area contributed by atoms with Gasteiger partial charge in [0.15, 0.2) is 5.96 Å². The molecule has 0 aromatic carbocycles. The number of amides is 2. The molecule has 2 amide bonds. The number of piperazine rings is 1. The molecule has 10 nitrogen and oxygen atoms in total. The quantitative estimate of drug-likeness (QED) is 0.466. The molecule has 0 bridgehead atoms. The number of aromatic nitrogens is 2. The summed E-state index contributed by atoms with van der Waals surface area (Å²) < 4.78 is 0. The summed E-state index contributed by atoms with van der Waals surface area (Å²) in [5, 5.41) is 6.64. The van der Waals surface area contributed by atoms with E-state index in [0.29, 0.717) is 50.9 Å². The number of likely N-dealkylation sites (tertiary alicyclic amines) is 1. The van der Waals surface area contributed by atoms with E-state index < -0.39 is 0 Å². The van der Waals surface area contributed by atoms with Crippen LogP contribution in [0.2, 0.25) is 0 Å². The van der Waals surface area contributed by atoms with Crippen LogP contribution >= 0.6 is 0 Å². The highest BCUT2D eigenvalue weighted by Crippen LogP contribution is 2.11. The Morgan fingerprint density at radius 1 is 1.06 bits per heavy atom. The van der Waals surface area contributed by atoms with Gasteiger partial charge >= 0.3 is 0 Å². The van der Waals surface area contributed by atoms with E-state index in [1.54, 1.807) is 18.5 Å². The molecule has 0 radical (unpaired) electrons. The molecule has 0 saturated carbocycles. The van der Waals surface area contributed by atoms with Crippen molar-refractivity contribution in [3.8, 4) is 0 Å². The van der Waals surface area contributed by atoms with Crippen molar-refractivity contribution in [1.29, 1.82) is 0 Å². The van der Waals surface area contributed by atoms with E-state index in [4.69, 9.17) is 0 Å². The Kier molecular flexibility index (Phi) is 8.43. The normalized spacial score (nSPS) is 19.5. The summed E-state index contributed by atoms with van der Waals surface area (Å²) in [4.78, 5) is 43.5. The van der Waals surface area contributed by atoms with Crippen LogP contribution in [0.25, 0.3) is 0 Å². The predicted octanol–water partition coefficient (Wildman–Crippen LogP) is 0.0813. The van der Waals surface area contributed by atoms with Crippen LogP contribution in [-0.4, -0.2) is 95.9 Å². The minimum Gasteiger partial charge on any atom is -0.357 e. The predicted molar refractivity (Wildman–Crippen MR) is 120 cm³/mol. The fraction of sp³-hybridized carbons (Fsp3) is 0.667. The number of carbonyl (C=O) groups excluding carboxylic acids is 2. The molecular weight excluding hydrogens is 396 g/mol. The fourth-order valence-corrected chi connectivity index (χ4v) is 3.87. The molecule has 1 aromatic rings. The van der Waals surface area contributed by atoms with Crippen LogP contribution in [-0.2, 0) is 9.59 Å². The van der Waals surface area contributed by atoms with Crippen LogP contribution in [0.5, 0.6) is 0 Å². The largest absolute Gasteiger partial charge is 0.357 e. The van der Waals surface area contributed by atoms with Crippen LogP contribution in [0.1, 0.15) is 33.1 Å². The van der Waals surface area contributed by atoms with Crippen molar-refractivity contribution in [1.82, 2.24) is 30.4 Å². The molecule has 170 valence electrons. The molecule has 2 N–H and O–H groups in total. The number of rotatable bonds is 7. The van der Waals surface area contributed by atoms with Gasteiger partial charge in [-0.25, -0.2) is 9.97 Å². The molecule has 3 rings (SSSR count). The highest BCUT2D eigenvalue weighted by atomic mass is 16.2. The smallest absolute Gasteiger partial charge is 0.225 e. The van der Waals surface area contributed by atoms with Crippen molar-refractivity contribution in [3.05, 3.63) is 18.5 Å². The van der Waals surface area contributed by atoms with Crippen LogP contribution in [0.15, 0.2) is 23.5 Å². The van der Waals surface area contributed by atoms with Gasteiger partial charge in [-0.1, -0.05) is 6.92 Å². The number of hydrogen-bond donors (Lipinski definition) is 2. The minimum absolute atomic E-state index is 0.119. The summed E-state index contributed by atoms with van der Waals surface area (Å²) in [7, 11) is 0. The second-order valence-electron chi connectivity index (χ2n) is 7.75. The van der Waals surface area contributed by atoms with Crippen molar-refractivity contribution in [3.63, 3.8) is 0 Å². The second kappa shape index (κ2) is 11.5. The minimum atomic E-state index is 0.119. The number of nitrogens with zero attached hydrogens (tertiary/aromatic N) is 6. The molecule has 2 aliphatic rings. The molecule has 0 spiro atoms. The summed E-state index contributed by atoms with van der Waals surface area (Å²) in [6.45, 7) is 9.36. The van der Waals surface area contributed by atoms with Gasteiger partial charge in [-0.15, -0.1) is 0 Å². The van der Waals surface area contributed by atoms with Gasteiger partial charge in [-0.3, -0.25) is 14.6 Å². The maximum absolute atomic E-state index is 12.6. The van der Waals surface area contributed by atoms with E-state index in [2.05, 4.69) is 30.5 Å². The van der Waals surface area contributed by atoms with Crippen LogP contribution in [0, 0.1) is 0 Å². The van der Waals surface area contributed by atoms with Gasteiger partial charge < -0.3 is 25.3 Å². The number of aliphatic imine (C=N–C) groups is 1. The molecule has 1 aromatic heterocycles. The monoisotopic (exact) mass is 430 g/mol. The topological polar surface area (TPSA) is 106 Å². The highest BCUT2D eigenvalue weighted by Gasteiger charge is 2.26. The van der Waals surface area contributed by atoms with Crippen LogP contribution in [0.4, 0.5) is 5.95 Å². The van der Waals surface area contributed by atoms with Crippen molar-refractivity contribution in [2.45, 2.75) is 39.2 Å². The van der Waals surface area contributed by atoms with E-state index in [9.17, 15) is 9.59 Å². The Balaban J connectivity index is 1.42. The third-order valence-electron chi connectivity index (χ3n) is 5.59. The number of carbonyl (C=O) groups is 2. The molecule has 2 saturated heterocycles. The molecule has 2 aliphatic heterocycles. The number of guanidine groups is 1. The lowest BCUT2D eigenvalue weighted by molar-refractivity contribution is -0.131. The Morgan fingerprint density at radius 3 is 2.48 bits per heavy atom. The first kappa shape index (κ1) is 22.8. The van der Waals surface area contributed by atoms with Gasteiger partial charge in [0.2, 0.25) is 17.8 Å². The van der Waals surface area contributed by atoms with Gasteiger partial charge in [0.25, 0.3) is 0 Å². The summed E-state index contributed by atoms with van der Waals surface area (Å²) in [6, 6.07) is 1.99. The van der Waals surface area contributed by atoms with Gasteiger partial charge in [-0.05, 0) is 19.4 Å².